The fraction of sp³-hybridized carbons (Fsp3) is 0. The van der Waals surface area contributed by atoms with E-state index in [1.54, 1.807) is 18.2 Å². The molecule has 1 amide bonds. The second-order valence-electron chi connectivity index (χ2n) is 3.83. The van der Waals surface area contributed by atoms with Crippen LogP contribution >= 0.6 is 61.7 Å². The lowest BCUT2D eigenvalue weighted by molar-refractivity contribution is 0.102. The normalized spacial score (nSPS) is 10.4. The first-order chi connectivity index (χ1) is 9.38. The molecule has 0 atom stereocenters. The third kappa shape index (κ3) is 3.63. The Hall–Kier alpha value is -0.370. The summed E-state index contributed by atoms with van der Waals surface area (Å²) in [6.45, 7) is 0. The Morgan fingerprint density at radius 3 is 2.50 bits per heavy atom. The zero-order valence-electron chi connectivity index (χ0n) is 9.68. The van der Waals surface area contributed by atoms with E-state index in [1.165, 1.54) is 6.07 Å². The van der Waals surface area contributed by atoms with Gasteiger partial charge in [0.2, 0.25) is 0 Å². The molecule has 0 spiro atoms. The molecule has 0 radical (unpaired) electrons. The second kappa shape index (κ2) is 6.60. The first-order valence-electron chi connectivity index (χ1n) is 5.29. The van der Waals surface area contributed by atoms with Gasteiger partial charge in [0.05, 0.1) is 15.7 Å². The van der Waals surface area contributed by atoms with Gasteiger partial charge in [0.1, 0.15) is 5.82 Å². The molecule has 0 saturated heterocycles. The molecule has 104 valence electrons. The number of carbonyl (C=O) groups is 1. The fourth-order valence-corrected chi connectivity index (χ4v) is 2.90. The van der Waals surface area contributed by atoms with Crippen LogP contribution in [0, 0.1) is 9.39 Å². The van der Waals surface area contributed by atoms with Crippen LogP contribution in [0.15, 0.2) is 34.8 Å². The van der Waals surface area contributed by atoms with Crippen LogP contribution in [0.4, 0.5) is 10.1 Å². The Balaban J connectivity index is 2.30. The highest BCUT2D eigenvalue weighted by molar-refractivity contribution is 14.1. The van der Waals surface area contributed by atoms with Crippen LogP contribution in [0.1, 0.15) is 10.4 Å². The SMILES string of the molecule is O=C(Nc1c(Cl)cc(F)cc1Br)c1ccc(I)c(Cl)c1. The zero-order valence-corrected chi connectivity index (χ0v) is 14.9. The number of anilines is 1. The molecule has 0 bridgehead atoms. The number of benzene rings is 2. The number of halogens is 5. The maximum atomic E-state index is 13.1. The van der Waals surface area contributed by atoms with Gasteiger partial charge in [-0.2, -0.15) is 0 Å². The van der Waals surface area contributed by atoms with Gasteiger partial charge in [-0.3, -0.25) is 4.79 Å². The number of hydrogen-bond acceptors (Lipinski definition) is 1. The van der Waals surface area contributed by atoms with Crippen molar-refractivity contribution in [1.29, 1.82) is 0 Å². The van der Waals surface area contributed by atoms with E-state index >= 15 is 0 Å². The molecule has 0 aliphatic rings. The van der Waals surface area contributed by atoms with Crippen LogP contribution in [0.2, 0.25) is 10.0 Å². The molecule has 1 N–H and O–H groups in total. The summed E-state index contributed by atoms with van der Waals surface area (Å²) in [6, 6.07) is 7.29. The predicted octanol–water partition coefficient (Wildman–Crippen LogP) is 5.75. The molecule has 7 heteroatoms. The van der Waals surface area contributed by atoms with Crippen LogP contribution < -0.4 is 5.32 Å². The van der Waals surface area contributed by atoms with E-state index in [0.29, 0.717) is 20.7 Å². The third-order valence-electron chi connectivity index (χ3n) is 2.43. The van der Waals surface area contributed by atoms with Crippen LogP contribution in [-0.4, -0.2) is 5.91 Å². The lowest BCUT2D eigenvalue weighted by Gasteiger charge is -2.10. The number of carbonyl (C=O) groups excluding carboxylic acids is 1. The van der Waals surface area contributed by atoms with Crippen LogP contribution in [0.3, 0.4) is 0 Å². The quantitative estimate of drug-likeness (QED) is 0.536. The topological polar surface area (TPSA) is 29.1 Å². The average molecular weight is 489 g/mol. The summed E-state index contributed by atoms with van der Waals surface area (Å²) >= 11 is 17.1. The number of hydrogen-bond donors (Lipinski definition) is 1. The molecule has 2 rings (SSSR count). The monoisotopic (exact) mass is 487 g/mol. The second-order valence-corrected chi connectivity index (χ2v) is 6.66. The molecule has 2 nitrogen and oxygen atoms in total. The zero-order chi connectivity index (χ0) is 14.9. The van der Waals surface area contributed by atoms with Crippen molar-refractivity contribution in [1.82, 2.24) is 0 Å². The Labute approximate surface area is 146 Å². The van der Waals surface area contributed by atoms with Crippen molar-refractivity contribution < 1.29 is 9.18 Å². The molecule has 2 aromatic rings. The summed E-state index contributed by atoms with van der Waals surface area (Å²) < 4.78 is 14.3. The predicted molar refractivity (Wildman–Crippen MR) is 91.2 cm³/mol. The molecule has 0 unspecified atom stereocenters. The lowest BCUT2D eigenvalue weighted by atomic mass is 10.2. The van der Waals surface area contributed by atoms with Gasteiger partial charge in [0, 0.05) is 13.6 Å². The summed E-state index contributed by atoms with van der Waals surface area (Å²) in [5.41, 5.74) is 0.704. The first kappa shape index (κ1) is 16.0. The minimum Gasteiger partial charge on any atom is -0.320 e. The molecular formula is C13H6BrCl2FINO. The van der Waals surface area contributed by atoms with Crippen molar-refractivity contribution in [2.24, 2.45) is 0 Å². The molecule has 0 saturated carbocycles. The highest BCUT2D eigenvalue weighted by atomic mass is 127. The largest absolute Gasteiger partial charge is 0.320 e. The number of amides is 1. The maximum Gasteiger partial charge on any atom is 0.255 e. The van der Waals surface area contributed by atoms with Crippen molar-refractivity contribution in [3.8, 4) is 0 Å². The van der Waals surface area contributed by atoms with E-state index in [0.717, 1.165) is 9.64 Å². The van der Waals surface area contributed by atoms with Gasteiger partial charge in [-0.15, -0.1) is 0 Å². The van der Waals surface area contributed by atoms with Gasteiger partial charge in [0.25, 0.3) is 5.91 Å². The van der Waals surface area contributed by atoms with Gasteiger partial charge in [-0.05, 0) is 68.9 Å². The molecule has 0 aliphatic heterocycles. The van der Waals surface area contributed by atoms with E-state index in [4.69, 9.17) is 23.2 Å². The molecule has 2 aromatic carbocycles. The van der Waals surface area contributed by atoms with Crippen LogP contribution in [0.25, 0.3) is 0 Å². The van der Waals surface area contributed by atoms with Gasteiger partial charge in [-0.25, -0.2) is 4.39 Å². The van der Waals surface area contributed by atoms with Gasteiger partial charge in [-0.1, -0.05) is 23.2 Å². The number of nitrogens with one attached hydrogen (secondary N) is 1. The van der Waals surface area contributed by atoms with Crippen molar-refractivity contribution in [3.63, 3.8) is 0 Å². The van der Waals surface area contributed by atoms with E-state index < -0.39 is 5.82 Å². The standard InChI is InChI=1S/C13H6BrCl2FINO/c14-8-4-7(17)5-10(16)12(8)19-13(20)6-1-2-11(18)9(15)3-6/h1-5H,(H,19,20). The van der Waals surface area contributed by atoms with Crippen LogP contribution in [0.5, 0.6) is 0 Å². The highest BCUT2D eigenvalue weighted by Crippen LogP contribution is 2.32. The van der Waals surface area contributed by atoms with Crippen molar-refractivity contribution in [2.45, 2.75) is 0 Å². The molecule has 0 heterocycles. The Bertz CT molecular complexity index is 673. The van der Waals surface area contributed by atoms with Crippen molar-refractivity contribution in [2.75, 3.05) is 5.32 Å². The summed E-state index contributed by atoms with van der Waals surface area (Å²) in [6.07, 6.45) is 0. The summed E-state index contributed by atoms with van der Waals surface area (Å²) in [7, 11) is 0. The minimum absolute atomic E-state index is 0.113. The first-order valence-corrected chi connectivity index (χ1v) is 7.92. The molecule has 0 aliphatic carbocycles. The van der Waals surface area contributed by atoms with Gasteiger partial charge in [0.15, 0.2) is 0 Å². The third-order valence-corrected chi connectivity index (χ3v) is 4.92. The average Bonchev–Trinajstić information content (AvgIpc) is 2.36. The number of rotatable bonds is 2. The fourth-order valence-electron chi connectivity index (χ4n) is 1.48. The van der Waals surface area contributed by atoms with E-state index in [9.17, 15) is 9.18 Å². The summed E-state index contributed by atoms with van der Waals surface area (Å²) in [5, 5.41) is 3.22. The molecular weight excluding hydrogens is 483 g/mol. The Morgan fingerprint density at radius 1 is 1.20 bits per heavy atom. The maximum absolute atomic E-state index is 13.1. The van der Waals surface area contributed by atoms with E-state index in [1.807, 2.05) is 0 Å². The summed E-state index contributed by atoms with van der Waals surface area (Å²) in [5.74, 6) is -0.866. The lowest BCUT2D eigenvalue weighted by Crippen LogP contribution is -2.13. The van der Waals surface area contributed by atoms with Gasteiger partial charge < -0.3 is 5.32 Å². The molecule has 0 aromatic heterocycles. The van der Waals surface area contributed by atoms with Crippen LogP contribution in [-0.2, 0) is 0 Å². The summed E-state index contributed by atoms with van der Waals surface area (Å²) in [4.78, 5) is 12.1. The smallest absolute Gasteiger partial charge is 0.255 e. The van der Waals surface area contributed by atoms with Crippen molar-refractivity contribution in [3.05, 3.63) is 59.8 Å². The van der Waals surface area contributed by atoms with E-state index in [2.05, 4.69) is 43.8 Å². The highest BCUT2D eigenvalue weighted by Gasteiger charge is 2.13. The van der Waals surface area contributed by atoms with Crippen molar-refractivity contribution >= 4 is 73.3 Å². The minimum atomic E-state index is -0.489. The molecule has 20 heavy (non-hydrogen) atoms. The Kier molecular flexibility index (Phi) is 5.28. The van der Waals surface area contributed by atoms with Gasteiger partial charge >= 0.3 is 0 Å². The Morgan fingerprint density at radius 2 is 1.90 bits per heavy atom. The molecule has 0 fully saturated rings. The van der Waals surface area contributed by atoms with E-state index in [-0.39, 0.29) is 10.9 Å².